The topological polar surface area (TPSA) is 67.4 Å². The number of sulfonamides is 1. The van der Waals surface area contributed by atoms with Crippen molar-refractivity contribution >= 4 is 10.0 Å². The molecule has 5 nitrogen and oxygen atoms in total. The molecule has 25 heavy (non-hydrogen) atoms. The lowest BCUT2D eigenvalue weighted by atomic mass is 10.1. The third kappa shape index (κ3) is 5.04. The quantitative estimate of drug-likeness (QED) is 0.796. The molecule has 0 bridgehead atoms. The Hall–Kier alpha value is -1.89. The van der Waals surface area contributed by atoms with Gasteiger partial charge in [-0.05, 0) is 29.7 Å². The van der Waals surface area contributed by atoms with E-state index < -0.39 is 10.0 Å². The van der Waals surface area contributed by atoms with Gasteiger partial charge in [-0.25, -0.2) is 13.1 Å². The summed E-state index contributed by atoms with van der Waals surface area (Å²) in [5, 5.41) is 3.43. The molecule has 0 aliphatic carbocycles. The van der Waals surface area contributed by atoms with E-state index in [4.69, 9.17) is 4.74 Å². The smallest absolute Gasteiger partial charge is 0.209 e. The highest BCUT2D eigenvalue weighted by atomic mass is 32.2. The van der Waals surface area contributed by atoms with Crippen LogP contribution in [0.4, 0.5) is 0 Å². The average Bonchev–Trinajstić information content (AvgIpc) is 2.96. The van der Waals surface area contributed by atoms with E-state index in [9.17, 15) is 8.42 Å². The zero-order chi connectivity index (χ0) is 17.9. The first-order valence-electron chi connectivity index (χ1n) is 8.42. The second-order valence-electron chi connectivity index (χ2n) is 6.54. The van der Waals surface area contributed by atoms with Crippen molar-refractivity contribution in [1.29, 1.82) is 0 Å². The molecular formula is C19H24N2O3S. The molecular weight excluding hydrogens is 336 g/mol. The van der Waals surface area contributed by atoms with Crippen LogP contribution in [0.15, 0.2) is 48.5 Å². The number of nitrogens with one attached hydrogen (secondary N) is 2. The van der Waals surface area contributed by atoms with Gasteiger partial charge in [0.2, 0.25) is 10.0 Å². The van der Waals surface area contributed by atoms with Gasteiger partial charge in [0, 0.05) is 25.6 Å². The lowest BCUT2D eigenvalue weighted by molar-refractivity contribution is 0.227. The van der Waals surface area contributed by atoms with Crippen LogP contribution >= 0.6 is 0 Å². The van der Waals surface area contributed by atoms with Crippen molar-refractivity contribution in [1.82, 2.24) is 10.0 Å². The Labute approximate surface area is 149 Å². The molecule has 0 saturated heterocycles. The van der Waals surface area contributed by atoms with Crippen LogP contribution in [0.3, 0.4) is 0 Å². The number of hydrogen-bond donors (Lipinski definition) is 2. The number of para-hydroxylation sites is 1. The van der Waals surface area contributed by atoms with Gasteiger partial charge in [0.15, 0.2) is 0 Å². The normalized spacial score (nSPS) is 17.8. The minimum Gasteiger partial charge on any atom is -0.488 e. The molecule has 2 atom stereocenters. The Morgan fingerprint density at radius 3 is 2.56 bits per heavy atom. The van der Waals surface area contributed by atoms with E-state index in [1.54, 1.807) is 0 Å². The molecule has 2 aromatic carbocycles. The van der Waals surface area contributed by atoms with E-state index in [1.807, 2.05) is 49.4 Å². The van der Waals surface area contributed by atoms with E-state index in [1.165, 1.54) is 11.8 Å². The van der Waals surface area contributed by atoms with E-state index in [2.05, 4.69) is 16.1 Å². The maximum absolute atomic E-state index is 11.3. The Morgan fingerprint density at radius 2 is 1.88 bits per heavy atom. The summed E-state index contributed by atoms with van der Waals surface area (Å²) in [6.45, 7) is 3.39. The third-order valence-corrected chi connectivity index (χ3v) is 5.07. The average molecular weight is 360 g/mol. The second-order valence-corrected chi connectivity index (χ2v) is 8.32. The van der Waals surface area contributed by atoms with Crippen molar-refractivity contribution in [2.45, 2.75) is 32.0 Å². The highest BCUT2D eigenvalue weighted by molar-refractivity contribution is 7.88. The zero-order valence-electron chi connectivity index (χ0n) is 14.5. The molecule has 1 heterocycles. The van der Waals surface area contributed by atoms with Crippen LogP contribution in [0, 0.1) is 0 Å². The van der Waals surface area contributed by atoms with Crippen molar-refractivity contribution < 1.29 is 13.2 Å². The minimum atomic E-state index is -3.20. The van der Waals surface area contributed by atoms with Gasteiger partial charge in [-0.2, -0.15) is 0 Å². The highest BCUT2D eigenvalue weighted by Gasteiger charge is 2.21. The summed E-state index contributed by atoms with van der Waals surface area (Å²) in [6, 6.07) is 15.9. The Morgan fingerprint density at radius 1 is 1.16 bits per heavy atom. The van der Waals surface area contributed by atoms with Crippen LogP contribution in [0.1, 0.15) is 29.7 Å². The van der Waals surface area contributed by atoms with Gasteiger partial charge >= 0.3 is 0 Å². The van der Waals surface area contributed by atoms with Gasteiger partial charge in [0.05, 0.1) is 6.26 Å². The van der Waals surface area contributed by atoms with Crippen molar-refractivity contribution in [3.63, 3.8) is 0 Å². The molecule has 6 heteroatoms. The summed E-state index contributed by atoms with van der Waals surface area (Å²) in [7, 11) is -3.20. The molecule has 2 aromatic rings. The zero-order valence-corrected chi connectivity index (χ0v) is 15.3. The second kappa shape index (κ2) is 7.56. The van der Waals surface area contributed by atoms with Crippen LogP contribution in [0.5, 0.6) is 5.75 Å². The summed E-state index contributed by atoms with van der Waals surface area (Å²) in [5.41, 5.74) is 3.38. The highest BCUT2D eigenvalue weighted by Crippen LogP contribution is 2.27. The van der Waals surface area contributed by atoms with Gasteiger partial charge in [0.1, 0.15) is 11.9 Å². The summed E-state index contributed by atoms with van der Waals surface area (Å²) in [5.74, 6) is 0.992. The standard InChI is InChI=1S/C19H24N2O3S/c1-14(21-25(2,22)23)16-9-7-15(8-10-16)12-20-13-18-11-17-5-3-4-6-19(17)24-18/h3-10,14,18,20-21H,11-13H2,1-2H3/t14-,18?/m1/s1. The Bertz CT molecular complexity index is 794. The lowest BCUT2D eigenvalue weighted by Gasteiger charge is -2.14. The molecule has 1 aliphatic rings. The first-order chi connectivity index (χ1) is 11.9. The van der Waals surface area contributed by atoms with Gasteiger partial charge in [-0.3, -0.25) is 0 Å². The van der Waals surface area contributed by atoms with Crippen LogP contribution in [-0.4, -0.2) is 27.3 Å². The maximum atomic E-state index is 11.3. The van der Waals surface area contributed by atoms with Gasteiger partial charge in [-0.15, -0.1) is 0 Å². The predicted molar refractivity (Wildman–Crippen MR) is 99.1 cm³/mol. The molecule has 0 radical (unpaired) electrons. The first-order valence-corrected chi connectivity index (χ1v) is 10.3. The molecule has 2 N–H and O–H groups in total. The van der Waals surface area contributed by atoms with E-state index in [0.717, 1.165) is 36.4 Å². The van der Waals surface area contributed by atoms with Crippen LogP contribution in [0.25, 0.3) is 0 Å². The van der Waals surface area contributed by atoms with Crippen molar-refractivity contribution in [2.75, 3.05) is 12.8 Å². The Kier molecular flexibility index (Phi) is 5.42. The number of hydrogen-bond acceptors (Lipinski definition) is 4. The molecule has 3 rings (SSSR count). The molecule has 0 spiro atoms. The maximum Gasteiger partial charge on any atom is 0.209 e. The van der Waals surface area contributed by atoms with E-state index in [-0.39, 0.29) is 12.1 Å². The molecule has 1 unspecified atom stereocenters. The molecule has 0 fully saturated rings. The molecule has 1 aliphatic heterocycles. The Balaban J connectivity index is 1.47. The lowest BCUT2D eigenvalue weighted by Crippen LogP contribution is -2.29. The summed E-state index contributed by atoms with van der Waals surface area (Å²) in [6.07, 6.45) is 2.29. The van der Waals surface area contributed by atoms with Gasteiger partial charge in [-0.1, -0.05) is 42.5 Å². The summed E-state index contributed by atoms with van der Waals surface area (Å²) >= 11 is 0. The number of benzene rings is 2. The summed E-state index contributed by atoms with van der Waals surface area (Å²) < 4.78 is 31.1. The fourth-order valence-corrected chi connectivity index (χ4v) is 3.84. The SMILES string of the molecule is C[C@@H](NS(C)(=O)=O)c1ccc(CNCC2Cc3ccccc3O2)cc1. The fraction of sp³-hybridized carbons (Fsp3) is 0.368. The van der Waals surface area contributed by atoms with Gasteiger partial charge in [0.25, 0.3) is 0 Å². The van der Waals surface area contributed by atoms with Crippen LogP contribution in [-0.2, 0) is 23.0 Å². The molecule has 0 saturated carbocycles. The predicted octanol–water partition coefficient (Wildman–Crippen LogP) is 2.39. The van der Waals surface area contributed by atoms with Crippen LogP contribution < -0.4 is 14.8 Å². The molecule has 0 amide bonds. The monoisotopic (exact) mass is 360 g/mol. The van der Waals surface area contributed by atoms with E-state index in [0.29, 0.717) is 0 Å². The number of ether oxygens (including phenoxy) is 1. The number of fused-ring (bicyclic) bond motifs is 1. The van der Waals surface area contributed by atoms with Crippen molar-refractivity contribution in [2.24, 2.45) is 0 Å². The van der Waals surface area contributed by atoms with E-state index >= 15 is 0 Å². The molecule has 134 valence electrons. The largest absolute Gasteiger partial charge is 0.488 e. The third-order valence-electron chi connectivity index (χ3n) is 4.29. The van der Waals surface area contributed by atoms with Crippen LogP contribution in [0.2, 0.25) is 0 Å². The van der Waals surface area contributed by atoms with Crippen molar-refractivity contribution in [3.05, 3.63) is 65.2 Å². The van der Waals surface area contributed by atoms with Crippen molar-refractivity contribution in [3.8, 4) is 5.75 Å². The first kappa shape index (κ1) is 17.9. The van der Waals surface area contributed by atoms with Gasteiger partial charge < -0.3 is 10.1 Å². The minimum absolute atomic E-state index is 0.177. The fourth-order valence-electron chi connectivity index (χ4n) is 3.06. The summed E-state index contributed by atoms with van der Waals surface area (Å²) in [4.78, 5) is 0. The molecule has 0 aromatic heterocycles. The number of rotatable bonds is 7.